The van der Waals surface area contributed by atoms with Crippen LogP contribution in [0.1, 0.15) is 66.5 Å². The number of aryl methyl sites for hydroxylation is 1. The largest absolute Gasteiger partial charge is 0.466 e. The molecular weight excluding hydrogens is 482 g/mol. The number of methoxy groups -OCH3 is 1. The van der Waals surface area contributed by atoms with E-state index in [-0.39, 0.29) is 12.0 Å². The van der Waals surface area contributed by atoms with Gasteiger partial charge in [0, 0.05) is 36.1 Å². The average molecular weight is 518 g/mol. The number of carbonyl (C=O) groups is 1. The fourth-order valence-corrected chi connectivity index (χ4v) is 5.84. The molecule has 0 N–H and O–H groups in total. The van der Waals surface area contributed by atoms with Gasteiger partial charge >= 0.3 is 5.97 Å². The topological polar surface area (TPSA) is 47.4 Å². The fraction of sp³-hybridized carbons (Fsp3) is 0.294. The van der Waals surface area contributed by atoms with E-state index in [4.69, 9.17) is 4.74 Å². The summed E-state index contributed by atoms with van der Waals surface area (Å²) in [5.74, 6) is 0.394. The minimum Gasteiger partial charge on any atom is -0.466 e. The molecule has 5 heteroatoms. The van der Waals surface area contributed by atoms with Crippen LogP contribution in [0.5, 0.6) is 0 Å². The van der Waals surface area contributed by atoms with Gasteiger partial charge in [-0.2, -0.15) is 5.10 Å². The van der Waals surface area contributed by atoms with Gasteiger partial charge in [-0.25, -0.2) is 4.79 Å². The van der Waals surface area contributed by atoms with Crippen molar-refractivity contribution in [3.8, 4) is 11.1 Å². The van der Waals surface area contributed by atoms with Gasteiger partial charge in [-0.1, -0.05) is 54.6 Å². The maximum absolute atomic E-state index is 11.6. The van der Waals surface area contributed by atoms with Gasteiger partial charge in [0.05, 0.1) is 19.3 Å². The van der Waals surface area contributed by atoms with Gasteiger partial charge in [0.25, 0.3) is 0 Å². The number of esters is 1. The van der Waals surface area contributed by atoms with E-state index in [1.807, 2.05) is 10.9 Å². The van der Waals surface area contributed by atoms with Crippen LogP contribution in [0.4, 0.5) is 5.69 Å². The molecule has 0 radical (unpaired) electrons. The third kappa shape index (κ3) is 5.14. The molecule has 0 amide bonds. The molecule has 1 saturated carbocycles. The Morgan fingerprint density at radius 3 is 2.41 bits per heavy atom. The smallest absolute Gasteiger partial charge is 0.330 e. The first-order valence-corrected chi connectivity index (χ1v) is 13.9. The van der Waals surface area contributed by atoms with Gasteiger partial charge in [-0.3, -0.25) is 4.68 Å². The lowest BCUT2D eigenvalue weighted by Gasteiger charge is -2.44. The van der Waals surface area contributed by atoms with E-state index in [0.717, 1.165) is 30.0 Å². The summed E-state index contributed by atoms with van der Waals surface area (Å²) in [6.07, 6.45) is 10.9. The Bertz CT molecular complexity index is 1500. The molecule has 1 aliphatic carbocycles. The molecule has 2 atom stereocenters. The monoisotopic (exact) mass is 517 g/mol. The summed E-state index contributed by atoms with van der Waals surface area (Å²) in [5, 5.41) is 4.49. The van der Waals surface area contributed by atoms with E-state index in [1.165, 1.54) is 59.5 Å². The highest BCUT2D eigenvalue weighted by Gasteiger charge is 2.34. The minimum absolute atomic E-state index is 0.0848. The minimum atomic E-state index is -0.352. The predicted octanol–water partition coefficient (Wildman–Crippen LogP) is 7.17. The maximum atomic E-state index is 11.6. The second kappa shape index (κ2) is 10.6. The number of nitrogens with zero attached hydrogens (tertiary/aromatic N) is 3. The van der Waals surface area contributed by atoms with E-state index in [9.17, 15) is 4.79 Å². The summed E-state index contributed by atoms with van der Waals surface area (Å²) in [4.78, 5) is 14.1. The van der Waals surface area contributed by atoms with Gasteiger partial charge in [0.2, 0.25) is 0 Å². The highest BCUT2D eigenvalue weighted by molar-refractivity contribution is 5.86. The van der Waals surface area contributed by atoms with Crippen LogP contribution in [0, 0.1) is 0 Å². The number of benzene rings is 3. The number of hydrogen-bond acceptors (Lipinski definition) is 4. The lowest BCUT2D eigenvalue weighted by Crippen LogP contribution is -2.42. The quantitative estimate of drug-likeness (QED) is 0.193. The Morgan fingerprint density at radius 1 is 1.00 bits per heavy atom. The van der Waals surface area contributed by atoms with Crippen LogP contribution in [0.3, 0.4) is 0 Å². The summed E-state index contributed by atoms with van der Waals surface area (Å²) in [6, 6.07) is 25.1. The zero-order valence-electron chi connectivity index (χ0n) is 22.9. The Hall–Kier alpha value is -4.12. The lowest BCUT2D eigenvalue weighted by atomic mass is 9.83. The molecule has 3 aromatic carbocycles. The van der Waals surface area contributed by atoms with Gasteiger partial charge < -0.3 is 9.64 Å². The van der Waals surface area contributed by atoms with Gasteiger partial charge in [0.15, 0.2) is 0 Å². The van der Waals surface area contributed by atoms with E-state index in [0.29, 0.717) is 6.04 Å². The molecule has 2 heterocycles. The van der Waals surface area contributed by atoms with Crippen LogP contribution in [-0.2, 0) is 22.5 Å². The number of ether oxygens (including phenoxy) is 1. The molecule has 0 bridgehead atoms. The molecule has 2 aliphatic rings. The van der Waals surface area contributed by atoms with Crippen molar-refractivity contribution in [2.75, 3.05) is 12.0 Å². The molecule has 198 valence electrons. The first-order valence-electron chi connectivity index (χ1n) is 13.9. The van der Waals surface area contributed by atoms with Crippen molar-refractivity contribution in [2.45, 2.75) is 57.7 Å². The molecule has 2 unspecified atom stereocenters. The van der Waals surface area contributed by atoms with Gasteiger partial charge in [-0.05, 0) is 90.6 Å². The Balaban J connectivity index is 1.40. The molecule has 6 rings (SSSR count). The molecule has 1 fully saturated rings. The zero-order valence-corrected chi connectivity index (χ0v) is 22.9. The molecule has 0 saturated heterocycles. The fourth-order valence-electron chi connectivity index (χ4n) is 5.84. The molecule has 5 nitrogen and oxygen atoms in total. The first kappa shape index (κ1) is 25.2. The first-order chi connectivity index (χ1) is 19.0. The summed E-state index contributed by atoms with van der Waals surface area (Å²) < 4.78 is 6.72. The number of hydrogen-bond donors (Lipinski definition) is 0. The van der Waals surface area contributed by atoms with Crippen molar-refractivity contribution in [1.82, 2.24) is 9.78 Å². The maximum Gasteiger partial charge on any atom is 0.330 e. The number of rotatable bonds is 7. The SMILES string of the molecule is CCn1cc(-c2ccc3c(c2)CC(C)N(c2ccc(C4CC4)cc2)C3c2ccc(/C=C/C(=O)OC)cc2)cn1. The Kier molecular flexibility index (Phi) is 6.82. The van der Waals surface area contributed by atoms with Crippen molar-refractivity contribution < 1.29 is 9.53 Å². The molecule has 1 aliphatic heterocycles. The van der Waals surface area contributed by atoms with Crippen LogP contribution >= 0.6 is 0 Å². The van der Waals surface area contributed by atoms with Crippen molar-refractivity contribution in [2.24, 2.45) is 0 Å². The van der Waals surface area contributed by atoms with Crippen molar-refractivity contribution in [3.05, 3.63) is 113 Å². The van der Waals surface area contributed by atoms with Crippen LogP contribution in [0.15, 0.2) is 85.2 Å². The van der Waals surface area contributed by atoms with Crippen molar-refractivity contribution in [1.29, 1.82) is 0 Å². The Labute approximate surface area is 230 Å². The van der Waals surface area contributed by atoms with E-state index in [1.54, 1.807) is 6.08 Å². The van der Waals surface area contributed by atoms with Gasteiger partial charge in [-0.15, -0.1) is 0 Å². The van der Waals surface area contributed by atoms with E-state index >= 15 is 0 Å². The summed E-state index contributed by atoms with van der Waals surface area (Å²) in [5.41, 5.74) is 10.0. The number of anilines is 1. The third-order valence-corrected chi connectivity index (χ3v) is 8.10. The number of fused-ring (bicyclic) bond motifs is 1. The standard InChI is InChI=1S/C34H35N3O2/c1-4-36-22-30(21-35-36)28-14-17-32-29(20-28)19-23(2)37(31-15-12-26(13-16-31)25-10-11-25)34(32)27-8-5-24(6-9-27)7-18-33(38)39-3/h5-9,12-18,20-23,25,34H,4,10-11,19H2,1-3H3/b18-7+. The highest BCUT2D eigenvalue weighted by atomic mass is 16.5. The van der Waals surface area contributed by atoms with Gasteiger partial charge in [0.1, 0.15) is 0 Å². The highest BCUT2D eigenvalue weighted by Crippen LogP contribution is 2.44. The molecule has 4 aromatic rings. The second-order valence-corrected chi connectivity index (χ2v) is 10.8. The third-order valence-electron chi connectivity index (χ3n) is 8.10. The van der Waals surface area contributed by atoms with Crippen LogP contribution in [0.25, 0.3) is 17.2 Å². The molecular formula is C34H35N3O2. The van der Waals surface area contributed by atoms with Crippen molar-refractivity contribution in [3.63, 3.8) is 0 Å². The zero-order chi connectivity index (χ0) is 26.9. The number of carbonyl (C=O) groups excluding carboxylic acids is 1. The number of aromatic nitrogens is 2. The lowest BCUT2D eigenvalue weighted by molar-refractivity contribution is -0.134. The molecule has 0 spiro atoms. The Morgan fingerprint density at radius 2 is 1.74 bits per heavy atom. The molecule has 39 heavy (non-hydrogen) atoms. The van der Waals surface area contributed by atoms with Crippen molar-refractivity contribution >= 4 is 17.7 Å². The molecule has 1 aromatic heterocycles. The normalized spacial score (nSPS) is 18.8. The summed E-state index contributed by atoms with van der Waals surface area (Å²) >= 11 is 0. The average Bonchev–Trinajstić information content (AvgIpc) is 3.71. The second-order valence-electron chi connectivity index (χ2n) is 10.8. The van der Waals surface area contributed by atoms with Crippen LogP contribution in [0.2, 0.25) is 0 Å². The predicted molar refractivity (Wildman–Crippen MR) is 157 cm³/mol. The van der Waals surface area contributed by atoms with Crippen LogP contribution in [-0.4, -0.2) is 28.9 Å². The summed E-state index contributed by atoms with van der Waals surface area (Å²) in [6.45, 7) is 5.31. The van der Waals surface area contributed by atoms with E-state index in [2.05, 4.69) is 96.8 Å². The van der Waals surface area contributed by atoms with E-state index < -0.39 is 0 Å². The van der Waals surface area contributed by atoms with Crippen LogP contribution < -0.4 is 4.90 Å². The summed E-state index contributed by atoms with van der Waals surface area (Å²) in [7, 11) is 1.39.